The fraction of sp³-hybridized carbons (Fsp3) is 1.00. The van der Waals surface area contributed by atoms with Gasteiger partial charge in [-0.15, -0.1) is 0 Å². The molecule has 2 saturated carbocycles. The van der Waals surface area contributed by atoms with Gasteiger partial charge in [0.15, 0.2) is 0 Å². The molecule has 0 spiro atoms. The Morgan fingerprint density at radius 2 is 1.88 bits per heavy atom. The molecule has 16 heavy (non-hydrogen) atoms. The molecule has 3 fully saturated rings. The highest BCUT2D eigenvalue weighted by molar-refractivity contribution is 7.99. The molecule has 3 atom stereocenters. The predicted octanol–water partition coefficient (Wildman–Crippen LogP) is 3.30. The maximum Gasteiger partial charge on any atom is 0.00827 e. The van der Waals surface area contributed by atoms with Gasteiger partial charge in [-0.2, -0.15) is 11.8 Å². The first-order chi connectivity index (χ1) is 7.92. The van der Waals surface area contributed by atoms with Gasteiger partial charge in [0, 0.05) is 6.04 Å². The van der Waals surface area contributed by atoms with E-state index in [1.807, 2.05) is 0 Å². The van der Waals surface area contributed by atoms with Gasteiger partial charge in [0.25, 0.3) is 0 Å². The smallest absolute Gasteiger partial charge is 0.00827 e. The zero-order valence-corrected chi connectivity index (χ0v) is 11.1. The number of hydrogen-bond donors (Lipinski definition) is 1. The minimum Gasteiger partial charge on any atom is -0.314 e. The highest BCUT2D eigenvalue weighted by Crippen LogP contribution is 2.49. The van der Waals surface area contributed by atoms with Crippen molar-refractivity contribution < 1.29 is 0 Å². The second-order valence-electron chi connectivity index (χ2n) is 6.06. The zero-order valence-electron chi connectivity index (χ0n) is 10.3. The van der Waals surface area contributed by atoms with Crippen LogP contribution in [0.25, 0.3) is 0 Å². The summed E-state index contributed by atoms with van der Waals surface area (Å²) in [5, 5.41) is 3.79. The Labute approximate surface area is 104 Å². The topological polar surface area (TPSA) is 12.0 Å². The minimum atomic E-state index is 0.847. The van der Waals surface area contributed by atoms with Gasteiger partial charge in [0.05, 0.1) is 0 Å². The Bertz CT molecular complexity index is 225. The van der Waals surface area contributed by atoms with Crippen molar-refractivity contribution in [3.05, 3.63) is 0 Å². The molecule has 0 aromatic heterocycles. The minimum absolute atomic E-state index is 0.847. The maximum absolute atomic E-state index is 3.79. The molecule has 3 rings (SSSR count). The number of rotatable bonds is 4. The molecule has 92 valence electrons. The van der Waals surface area contributed by atoms with Gasteiger partial charge < -0.3 is 5.32 Å². The van der Waals surface area contributed by atoms with Gasteiger partial charge in [-0.05, 0) is 74.3 Å². The molecule has 0 aromatic rings. The molecule has 1 N–H and O–H groups in total. The summed E-state index contributed by atoms with van der Waals surface area (Å²) in [6.45, 7) is 1.29. The van der Waals surface area contributed by atoms with Crippen molar-refractivity contribution in [2.45, 2.75) is 51.0 Å². The van der Waals surface area contributed by atoms with E-state index in [4.69, 9.17) is 0 Å². The fourth-order valence-electron chi connectivity index (χ4n) is 4.10. The lowest BCUT2D eigenvalue weighted by atomic mass is 9.86. The average molecular weight is 239 g/mol. The summed E-state index contributed by atoms with van der Waals surface area (Å²) in [6, 6.07) is 0.847. The van der Waals surface area contributed by atoms with Crippen molar-refractivity contribution in [2.24, 2.45) is 17.8 Å². The standard InChI is InChI=1S/C14H25NS/c1-2-12-9-11(1)10-13(12)3-6-15-14-4-7-16-8-5-14/h11-15H,1-10H2. The number of thioether (sulfide) groups is 1. The van der Waals surface area contributed by atoms with Crippen molar-refractivity contribution in [3.8, 4) is 0 Å². The van der Waals surface area contributed by atoms with Crippen LogP contribution in [0.5, 0.6) is 0 Å². The highest BCUT2D eigenvalue weighted by Gasteiger charge is 2.38. The van der Waals surface area contributed by atoms with Crippen LogP contribution in [0, 0.1) is 17.8 Å². The van der Waals surface area contributed by atoms with Crippen LogP contribution in [0.4, 0.5) is 0 Å². The quantitative estimate of drug-likeness (QED) is 0.808. The Kier molecular flexibility index (Phi) is 3.78. The first kappa shape index (κ1) is 11.4. The van der Waals surface area contributed by atoms with Gasteiger partial charge in [-0.1, -0.05) is 6.42 Å². The molecular formula is C14H25NS. The van der Waals surface area contributed by atoms with Crippen LogP contribution in [-0.2, 0) is 0 Å². The van der Waals surface area contributed by atoms with Gasteiger partial charge in [-0.25, -0.2) is 0 Å². The molecular weight excluding hydrogens is 214 g/mol. The van der Waals surface area contributed by atoms with Crippen molar-refractivity contribution in [3.63, 3.8) is 0 Å². The predicted molar refractivity (Wildman–Crippen MR) is 71.9 cm³/mol. The van der Waals surface area contributed by atoms with Crippen LogP contribution in [0.15, 0.2) is 0 Å². The second kappa shape index (κ2) is 5.30. The molecule has 0 aromatic carbocycles. The van der Waals surface area contributed by atoms with Crippen molar-refractivity contribution >= 4 is 11.8 Å². The van der Waals surface area contributed by atoms with E-state index in [9.17, 15) is 0 Å². The molecule has 2 aliphatic carbocycles. The van der Waals surface area contributed by atoms with Crippen molar-refractivity contribution in [1.29, 1.82) is 0 Å². The van der Waals surface area contributed by atoms with Crippen LogP contribution in [0.1, 0.15) is 44.9 Å². The van der Waals surface area contributed by atoms with Crippen molar-refractivity contribution in [1.82, 2.24) is 5.32 Å². The molecule has 1 nitrogen and oxygen atoms in total. The Balaban J connectivity index is 1.34. The first-order valence-corrected chi connectivity index (χ1v) is 8.38. The molecule has 1 saturated heterocycles. The van der Waals surface area contributed by atoms with Crippen LogP contribution < -0.4 is 5.32 Å². The van der Waals surface area contributed by atoms with Crippen LogP contribution in [-0.4, -0.2) is 24.1 Å². The summed E-state index contributed by atoms with van der Waals surface area (Å²) in [5.74, 6) is 6.09. The monoisotopic (exact) mass is 239 g/mol. The van der Waals surface area contributed by atoms with Crippen LogP contribution in [0.2, 0.25) is 0 Å². The molecule has 2 bridgehead atoms. The number of fused-ring (bicyclic) bond motifs is 2. The maximum atomic E-state index is 3.79. The lowest BCUT2D eigenvalue weighted by Gasteiger charge is -2.25. The van der Waals surface area contributed by atoms with E-state index in [1.165, 1.54) is 37.3 Å². The molecule has 0 amide bonds. The van der Waals surface area contributed by atoms with Gasteiger partial charge >= 0.3 is 0 Å². The lowest BCUT2D eigenvalue weighted by molar-refractivity contribution is 0.303. The summed E-state index contributed by atoms with van der Waals surface area (Å²) >= 11 is 2.13. The van der Waals surface area contributed by atoms with E-state index in [-0.39, 0.29) is 0 Å². The van der Waals surface area contributed by atoms with Gasteiger partial charge in [0.2, 0.25) is 0 Å². The van der Waals surface area contributed by atoms with E-state index in [0.29, 0.717) is 0 Å². The third-order valence-electron chi connectivity index (χ3n) is 5.05. The molecule has 3 aliphatic rings. The molecule has 2 heteroatoms. The van der Waals surface area contributed by atoms with Gasteiger partial charge in [0.1, 0.15) is 0 Å². The summed E-state index contributed by atoms with van der Waals surface area (Å²) in [6.07, 6.45) is 10.5. The second-order valence-corrected chi connectivity index (χ2v) is 7.29. The third kappa shape index (κ3) is 2.59. The van der Waals surface area contributed by atoms with E-state index in [1.54, 1.807) is 25.7 Å². The summed E-state index contributed by atoms with van der Waals surface area (Å²) < 4.78 is 0. The van der Waals surface area contributed by atoms with E-state index in [2.05, 4.69) is 17.1 Å². The fourth-order valence-corrected chi connectivity index (χ4v) is 5.21. The average Bonchev–Trinajstić information content (AvgIpc) is 2.92. The molecule has 1 aliphatic heterocycles. The van der Waals surface area contributed by atoms with Crippen LogP contribution in [0.3, 0.4) is 0 Å². The molecule has 0 radical (unpaired) electrons. The SMILES string of the molecule is C(CC1CC2CCC1C2)NC1CCSCC1. The zero-order chi connectivity index (χ0) is 10.8. The van der Waals surface area contributed by atoms with E-state index in [0.717, 1.165) is 23.8 Å². The summed E-state index contributed by atoms with van der Waals surface area (Å²) in [7, 11) is 0. The lowest BCUT2D eigenvalue weighted by Crippen LogP contribution is -2.34. The first-order valence-electron chi connectivity index (χ1n) is 7.23. The Morgan fingerprint density at radius 3 is 2.56 bits per heavy atom. The Morgan fingerprint density at radius 1 is 1.00 bits per heavy atom. The molecule has 3 unspecified atom stereocenters. The van der Waals surface area contributed by atoms with Crippen molar-refractivity contribution in [2.75, 3.05) is 18.1 Å². The summed E-state index contributed by atoms with van der Waals surface area (Å²) in [4.78, 5) is 0. The van der Waals surface area contributed by atoms with E-state index < -0.39 is 0 Å². The number of nitrogens with one attached hydrogen (secondary N) is 1. The molecule has 1 heterocycles. The third-order valence-corrected chi connectivity index (χ3v) is 6.10. The van der Waals surface area contributed by atoms with E-state index >= 15 is 0 Å². The highest BCUT2D eigenvalue weighted by atomic mass is 32.2. The van der Waals surface area contributed by atoms with Gasteiger partial charge in [-0.3, -0.25) is 0 Å². The normalized spacial score (nSPS) is 39.4. The largest absolute Gasteiger partial charge is 0.314 e. The van der Waals surface area contributed by atoms with Crippen LogP contribution >= 0.6 is 11.8 Å². The Hall–Kier alpha value is 0.310. The number of hydrogen-bond acceptors (Lipinski definition) is 2. The summed E-state index contributed by atoms with van der Waals surface area (Å²) in [5.41, 5.74) is 0.